The molecule has 6 nitrogen and oxygen atoms in total. The molecule has 0 unspecified atom stereocenters. The van der Waals surface area contributed by atoms with Gasteiger partial charge in [0.2, 0.25) is 5.91 Å². The molecule has 1 aromatic heterocycles. The summed E-state index contributed by atoms with van der Waals surface area (Å²) in [6.07, 6.45) is 1.57. The molecule has 2 heterocycles. The second kappa shape index (κ2) is 9.19. The van der Waals surface area contributed by atoms with Crippen molar-refractivity contribution in [3.8, 4) is 0 Å². The molecule has 0 saturated carbocycles. The Morgan fingerprint density at radius 2 is 2.15 bits per heavy atom. The lowest BCUT2D eigenvalue weighted by Crippen LogP contribution is -2.41. The molecule has 2 aromatic rings. The highest BCUT2D eigenvalue weighted by Gasteiger charge is 2.28. The number of likely N-dealkylation sites (tertiary alicyclic amines) is 1. The van der Waals surface area contributed by atoms with Gasteiger partial charge in [-0.1, -0.05) is 17.7 Å². The van der Waals surface area contributed by atoms with Gasteiger partial charge >= 0.3 is 5.97 Å². The molecule has 1 fully saturated rings. The highest BCUT2D eigenvalue weighted by Crippen LogP contribution is 2.24. The molecule has 1 aliphatic rings. The van der Waals surface area contributed by atoms with Crippen molar-refractivity contribution in [1.29, 1.82) is 0 Å². The predicted octanol–water partition coefficient (Wildman–Crippen LogP) is 3.88. The van der Waals surface area contributed by atoms with E-state index in [0.29, 0.717) is 37.6 Å². The van der Waals surface area contributed by atoms with Crippen LogP contribution in [0.15, 0.2) is 29.6 Å². The average Bonchev–Trinajstić information content (AvgIpc) is 3.09. The Bertz CT molecular complexity index is 803. The van der Waals surface area contributed by atoms with Crippen molar-refractivity contribution in [2.24, 2.45) is 5.92 Å². The fraction of sp³-hybridized carbons (Fsp3) is 0.421. The first-order valence-electron chi connectivity index (χ1n) is 8.96. The van der Waals surface area contributed by atoms with Gasteiger partial charge in [-0.3, -0.25) is 9.59 Å². The summed E-state index contributed by atoms with van der Waals surface area (Å²) in [6.45, 7) is 3.37. The summed E-state index contributed by atoms with van der Waals surface area (Å²) in [6, 6.07) is 7.40. The first-order valence-corrected chi connectivity index (χ1v) is 10.2. The van der Waals surface area contributed by atoms with E-state index >= 15 is 0 Å². The van der Waals surface area contributed by atoms with Crippen molar-refractivity contribution in [1.82, 2.24) is 9.88 Å². The standard InChI is InChI=1S/C19H22ClN3O3S/c1-2-26-18(25)13-6-8-23(9-7-13)17(24)11-16-12-27-19(22-16)21-15-5-3-4-14(20)10-15/h3-5,10,12-13H,2,6-9,11H2,1H3,(H,21,22). The SMILES string of the molecule is CCOC(=O)C1CCN(C(=O)Cc2csc(Nc3cccc(Cl)c3)n2)CC1. The summed E-state index contributed by atoms with van der Waals surface area (Å²) >= 11 is 7.43. The van der Waals surface area contributed by atoms with Crippen molar-refractivity contribution >= 4 is 45.6 Å². The molecule has 3 rings (SSSR count). The van der Waals surface area contributed by atoms with E-state index in [9.17, 15) is 9.59 Å². The zero-order valence-corrected chi connectivity index (χ0v) is 16.7. The summed E-state index contributed by atoms with van der Waals surface area (Å²) in [7, 11) is 0. The van der Waals surface area contributed by atoms with Crippen LogP contribution in [0, 0.1) is 5.92 Å². The molecule has 1 aliphatic heterocycles. The van der Waals surface area contributed by atoms with Crippen molar-refractivity contribution < 1.29 is 14.3 Å². The topological polar surface area (TPSA) is 71.5 Å². The normalized spacial score (nSPS) is 14.8. The Labute approximate surface area is 167 Å². The number of thiazole rings is 1. The number of esters is 1. The summed E-state index contributed by atoms with van der Waals surface area (Å²) in [5.41, 5.74) is 1.60. The second-order valence-electron chi connectivity index (χ2n) is 6.36. The minimum Gasteiger partial charge on any atom is -0.466 e. The van der Waals surface area contributed by atoms with Gasteiger partial charge in [-0.2, -0.15) is 0 Å². The molecule has 144 valence electrons. The molecule has 1 saturated heterocycles. The van der Waals surface area contributed by atoms with Crippen LogP contribution >= 0.6 is 22.9 Å². The highest BCUT2D eigenvalue weighted by atomic mass is 35.5. The van der Waals surface area contributed by atoms with Crippen LogP contribution in [0.2, 0.25) is 5.02 Å². The maximum absolute atomic E-state index is 12.5. The van der Waals surface area contributed by atoms with Crippen LogP contribution in [0.3, 0.4) is 0 Å². The number of piperidine rings is 1. The molecule has 1 aromatic carbocycles. The number of nitrogens with one attached hydrogen (secondary N) is 1. The highest BCUT2D eigenvalue weighted by molar-refractivity contribution is 7.13. The van der Waals surface area contributed by atoms with E-state index in [4.69, 9.17) is 16.3 Å². The summed E-state index contributed by atoms with van der Waals surface area (Å²) in [5, 5.41) is 6.45. The fourth-order valence-corrected chi connectivity index (χ4v) is 3.95. The van der Waals surface area contributed by atoms with Crippen molar-refractivity contribution in [2.45, 2.75) is 26.2 Å². The lowest BCUT2D eigenvalue weighted by molar-refractivity contribution is -0.151. The molecule has 0 radical (unpaired) electrons. The van der Waals surface area contributed by atoms with Gasteiger partial charge in [-0.15, -0.1) is 11.3 Å². The van der Waals surface area contributed by atoms with Gasteiger partial charge in [-0.05, 0) is 38.0 Å². The quantitative estimate of drug-likeness (QED) is 0.735. The number of ether oxygens (including phenoxy) is 1. The van der Waals surface area contributed by atoms with Crippen LogP contribution in [0.25, 0.3) is 0 Å². The number of hydrogen-bond acceptors (Lipinski definition) is 6. The maximum atomic E-state index is 12.5. The molecule has 1 amide bonds. The third kappa shape index (κ3) is 5.43. The van der Waals surface area contributed by atoms with Crippen LogP contribution in [0.5, 0.6) is 0 Å². The fourth-order valence-electron chi connectivity index (χ4n) is 3.03. The smallest absolute Gasteiger partial charge is 0.309 e. The lowest BCUT2D eigenvalue weighted by atomic mass is 9.97. The largest absolute Gasteiger partial charge is 0.466 e. The van der Waals surface area contributed by atoms with E-state index in [1.807, 2.05) is 29.6 Å². The van der Waals surface area contributed by atoms with Crippen molar-refractivity contribution in [3.63, 3.8) is 0 Å². The van der Waals surface area contributed by atoms with E-state index in [1.54, 1.807) is 11.8 Å². The van der Waals surface area contributed by atoms with Crippen LogP contribution in [-0.2, 0) is 20.7 Å². The van der Waals surface area contributed by atoms with E-state index in [-0.39, 0.29) is 24.2 Å². The van der Waals surface area contributed by atoms with E-state index in [2.05, 4.69) is 10.3 Å². The van der Waals surface area contributed by atoms with E-state index < -0.39 is 0 Å². The maximum Gasteiger partial charge on any atom is 0.309 e. The van der Waals surface area contributed by atoms with Gasteiger partial charge < -0.3 is 15.0 Å². The number of halogens is 1. The number of carbonyl (C=O) groups excluding carboxylic acids is 2. The molecular weight excluding hydrogens is 386 g/mol. The summed E-state index contributed by atoms with van der Waals surface area (Å²) in [4.78, 5) is 30.6. The van der Waals surface area contributed by atoms with E-state index in [1.165, 1.54) is 11.3 Å². The predicted molar refractivity (Wildman–Crippen MR) is 106 cm³/mol. The van der Waals surface area contributed by atoms with Gasteiger partial charge in [0, 0.05) is 29.2 Å². The first-order chi connectivity index (χ1) is 13.0. The number of benzene rings is 1. The Morgan fingerprint density at radius 3 is 2.85 bits per heavy atom. The summed E-state index contributed by atoms with van der Waals surface area (Å²) in [5.74, 6) is -0.209. The monoisotopic (exact) mass is 407 g/mol. The first kappa shape index (κ1) is 19.6. The number of amides is 1. The van der Waals surface area contributed by atoms with Crippen LogP contribution in [-0.4, -0.2) is 41.5 Å². The molecule has 27 heavy (non-hydrogen) atoms. The molecule has 0 bridgehead atoms. The van der Waals surface area contributed by atoms with Crippen LogP contribution in [0.1, 0.15) is 25.5 Å². The Morgan fingerprint density at radius 1 is 1.37 bits per heavy atom. The minimum absolute atomic E-state index is 0.0388. The third-order valence-corrected chi connectivity index (χ3v) is 5.47. The van der Waals surface area contributed by atoms with Crippen molar-refractivity contribution in [2.75, 3.05) is 25.0 Å². The average molecular weight is 408 g/mol. The Kier molecular flexibility index (Phi) is 6.68. The van der Waals surface area contributed by atoms with Gasteiger partial charge in [0.15, 0.2) is 5.13 Å². The number of anilines is 2. The third-order valence-electron chi connectivity index (χ3n) is 4.43. The van der Waals surface area contributed by atoms with Gasteiger partial charge in [0.1, 0.15) is 0 Å². The van der Waals surface area contributed by atoms with Crippen molar-refractivity contribution in [3.05, 3.63) is 40.4 Å². The lowest BCUT2D eigenvalue weighted by Gasteiger charge is -2.30. The number of nitrogens with zero attached hydrogens (tertiary/aromatic N) is 2. The number of aromatic nitrogens is 1. The van der Waals surface area contributed by atoms with Gasteiger partial charge in [0.05, 0.1) is 24.6 Å². The second-order valence-corrected chi connectivity index (χ2v) is 7.66. The van der Waals surface area contributed by atoms with E-state index in [0.717, 1.165) is 16.5 Å². The molecule has 0 spiro atoms. The molecule has 0 atom stereocenters. The van der Waals surface area contributed by atoms with Gasteiger partial charge in [0.25, 0.3) is 0 Å². The molecular formula is C19H22ClN3O3S. The number of carbonyl (C=O) groups is 2. The zero-order chi connectivity index (χ0) is 19.2. The summed E-state index contributed by atoms with van der Waals surface area (Å²) < 4.78 is 5.07. The molecule has 8 heteroatoms. The van der Waals surface area contributed by atoms with Crippen LogP contribution in [0.4, 0.5) is 10.8 Å². The number of rotatable bonds is 6. The zero-order valence-electron chi connectivity index (χ0n) is 15.1. The van der Waals surface area contributed by atoms with Gasteiger partial charge in [-0.25, -0.2) is 4.98 Å². The number of hydrogen-bond donors (Lipinski definition) is 1. The Hall–Kier alpha value is -2.12. The minimum atomic E-state index is -0.152. The van der Waals surface area contributed by atoms with Crippen LogP contribution < -0.4 is 5.32 Å². The molecule has 1 N–H and O–H groups in total. The molecule has 0 aliphatic carbocycles. The Balaban J connectivity index is 1.50.